The third-order valence-electron chi connectivity index (χ3n) is 2.66. The minimum Gasteiger partial charge on any atom is -0.444 e. The SMILES string of the molecule is C[C@H](NC(=O)OC(C)(C)C)C(=O)n1nnc2ccccc21. The quantitative estimate of drug-likeness (QED) is 0.914. The smallest absolute Gasteiger partial charge is 0.408 e. The van der Waals surface area contributed by atoms with Crippen molar-refractivity contribution in [3.63, 3.8) is 0 Å². The van der Waals surface area contributed by atoms with E-state index < -0.39 is 17.7 Å². The fraction of sp³-hybridized carbons (Fsp3) is 0.429. The van der Waals surface area contributed by atoms with Crippen LogP contribution < -0.4 is 5.32 Å². The summed E-state index contributed by atoms with van der Waals surface area (Å²) in [4.78, 5) is 24.0. The zero-order valence-electron chi connectivity index (χ0n) is 12.5. The van der Waals surface area contributed by atoms with E-state index in [1.165, 1.54) is 4.68 Å². The Morgan fingerprint density at radius 2 is 1.95 bits per heavy atom. The average molecular weight is 290 g/mol. The number of nitrogens with zero attached hydrogens (tertiary/aromatic N) is 3. The van der Waals surface area contributed by atoms with E-state index in [1.54, 1.807) is 45.9 Å². The first-order chi connectivity index (χ1) is 9.78. The molecule has 21 heavy (non-hydrogen) atoms. The average Bonchev–Trinajstić information content (AvgIpc) is 2.79. The molecule has 1 atom stereocenters. The van der Waals surface area contributed by atoms with Crippen molar-refractivity contribution < 1.29 is 14.3 Å². The first-order valence-corrected chi connectivity index (χ1v) is 6.62. The number of ether oxygens (including phenoxy) is 1. The molecule has 7 nitrogen and oxygen atoms in total. The second kappa shape index (κ2) is 5.51. The standard InChI is InChI=1S/C14H18N4O3/c1-9(15-13(20)21-14(2,3)4)12(19)18-11-8-6-5-7-10(11)16-17-18/h5-9H,1-4H3,(H,15,20)/t9-/m0/s1. The van der Waals surface area contributed by atoms with Gasteiger partial charge in [0, 0.05) is 0 Å². The van der Waals surface area contributed by atoms with Crippen molar-refractivity contribution in [1.82, 2.24) is 20.3 Å². The summed E-state index contributed by atoms with van der Waals surface area (Å²) in [5, 5.41) is 10.2. The molecule has 1 heterocycles. The number of amides is 1. The van der Waals surface area contributed by atoms with E-state index in [0.717, 1.165) is 0 Å². The molecule has 0 unspecified atom stereocenters. The Labute approximate surface area is 122 Å². The molecule has 1 amide bonds. The predicted molar refractivity (Wildman–Crippen MR) is 77.0 cm³/mol. The van der Waals surface area contributed by atoms with Crippen molar-refractivity contribution >= 4 is 23.0 Å². The Morgan fingerprint density at radius 3 is 2.62 bits per heavy atom. The van der Waals surface area contributed by atoms with Crippen molar-refractivity contribution in [2.45, 2.75) is 39.3 Å². The first-order valence-electron chi connectivity index (χ1n) is 6.62. The number of benzene rings is 1. The Morgan fingerprint density at radius 1 is 1.29 bits per heavy atom. The van der Waals surface area contributed by atoms with Crippen molar-refractivity contribution in [3.8, 4) is 0 Å². The van der Waals surface area contributed by atoms with E-state index in [-0.39, 0.29) is 5.91 Å². The highest BCUT2D eigenvalue weighted by atomic mass is 16.6. The van der Waals surface area contributed by atoms with Gasteiger partial charge in [0.05, 0.1) is 5.52 Å². The number of alkyl carbamates (subject to hydrolysis) is 1. The lowest BCUT2D eigenvalue weighted by Crippen LogP contribution is -2.43. The molecule has 1 aromatic heterocycles. The summed E-state index contributed by atoms with van der Waals surface area (Å²) in [5.41, 5.74) is 0.600. The van der Waals surface area contributed by atoms with Gasteiger partial charge in [-0.3, -0.25) is 4.79 Å². The molecule has 0 aliphatic rings. The van der Waals surface area contributed by atoms with Gasteiger partial charge in [-0.2, -0.15) is 4.68 Å². The van der Waals surface area contributed by atoms with Crippen LogP contribution in [0, 0.1) is 0 Å². The van der Waals surface area contributed by atoms with Crippen LogP contribution in [-0.4, -0.2) is 38.6 Å². The molecule has 0 fully saturated rings. The molecule has 0 aliphatic heterocycles. The van der Waals surface area contributed by atoms with Crippen LogP contribution in [0.15, 0.2) is 24.3 Å². The number of hydrogen-bond donors (Lipinski definition) is 1. The van der Waals surface area contributed by atoms with Crippen LogP contribution in [0.2, 0.25) is 0 Å². The summed E-state index contributed by atoms with van der Waals surface area (Å²) >= 11 is 0. The number of fused-ring (bicyclic) bond motifs is 1. The largest absolute Gasteiger partial charge is 0.444 e. The van der Waals surface area contributed by atoms with Gasteiger partial charge in [0.15, 0.2) is 0 Å². The molecular weight excluding hydrogens is 272 g/mol. The van der Waals surface area contributed by atoms with E-state index in [9.17, 15) is 9.59 Å². The van der Waals surface area contributed by atoms with E-state index in [2.05, 4.69) is 15.6 Å². The molecule has 112 valence electrons. The minimum atomic E-state index is -0.773. The van der Waals surface area contributed by atoms with Gasteiger partial charge < -0.3 is 10.1 Å². The third kappa shape index (κ3) is 3.56. The van der Waals surface area contributed by atoms with Crippen molar-refractivity contribution in [2.75, 3.05) is 0 Å². The lowest BCUT2D eigenvalue weighted by molar-refractivity contribution is 0.0487. The molecule has 2 aromatic rings. The van der Waals surface area contributed by atoms with Gasteiger partial charge in [-0.05, 0) is 39.8 Å². The lowest BCUT2D eigenvalue weighted by atomic mass is 10.2. The molecular formula is C14H18N4O3. The van der Waals surface area contributed by atoms with Crippen molar-refractivity contribution in [1.29, 1.82) is 0 Å². The topological polar surface area (TPSA) is 86.1 Å². The second-order valence-electron chi connectivity index (χ2n) is 5.70. The van der Waals surface area contributed by atoms with Crippen LogP contribution in [0.25, 0.3) is 11.0 Å². The Kier molecular flexibility index (Phi) is 3.93. The van der Waals surface area contributed by atoms with Gasteiger partial charge in [0.1, 0.15) is 17.2 Å². The minimum absolute atomic E-state index is 0.380. The summed E-state index contributed by atoms with van der Waals surface area (Å²) in [6, 6.07) is 6.34. The molecule has 1 N–H and O–H groups in total. The van der Waals surface area contributed by atoms with Crippen molar-refractivity contribution in [2.24, 2.45) is 0 Å². The van der Waals surface area contributed by atoms with E-state index in [4.69, 9.17) is 4.74 Å². The normalized spacial score (nSPS) is 13.0. The maximum Gasteiger partial charge on any atom is 0.408 e. The fourth-order valence-electron chi connectivity index (χ4n) is 1.76. The molecule has 2 rings (SSSR count). The number of carbonyl (C=O) groups excluding carboxylic acids is 2. The number of nitrogens with one attached hydrogen (secondary N) is 1. The monoisotopic (exact) mass is 290 g/mol. The van der Waals surface area contributed by atoms with Crippen molar-refractivity contribution in [3.05, 3.63) is 24.3 Å². The first kappa shape index (κ1) is 15.0. The number of rotatable bonds is 2. The van der Waals surface area contributed by atoms with Gasteiger partial charge in [0.25, 0.3) is 5.91 Å². The molecule has 0 aliphatic carbocycles. The van der Waals surface area contributed by atoms with Crippen LogP contribution >= 0.6 is 0 Å². The maximum atomic E-state index is 12.3. The highest BCUT2D eigenvalue weighted by Crippen LogP contribution is 2.11. The predicted octanol–water partition coefficient (Wildman–Crippen LogP) is 1.98. The number of aromatic nitrogens is 3. The number of hydrogen-bond acceptors (Lipinski definition) is 5. The third-order valence-corrected chi connectivity index (χ3v) is 2.66. The molecule has 0 bridgehead atoms. The van der Waals surface area contributed by atoms with Gasteiger partial charge in [-0.25, -0.2) is 4.79 Å². The highest BCUT2D eigenvalue weighted by molar-refractivity contribution is 5.93. The number of para-hydroxylation sites is 1. The summed E-state index contributed by atoms with van der Waals surface area (Å²) in [7, 11) is 0. The van der Waals surface area contributed by atoms with Crippen LogP contribution in [0.4, 0.5) is 4.79 Å². The van der Waals surface area contributed by atoms with Crippen LogP contribution in [0.5, 0.6) is 0 Å². The summed E-state index contributed by atoms with van der Waals surface area (Å²) < 4.78 is 6.29. The van der Waals surface area contributed by atoms with Crippen LogP contribution in [-0.2, 0) is 4.74 Å². The Bertz CT molecular complexity index is 672. The highest BCUT2D eigenvalue weighted by Gasteiger charge is 2.23. The number of carbonyl (C=O) groups is 2. The Balaban J connectivity index is 2.11. The van der Waals surface area contributed by atoms with E-state index in [1.807, 2.05) is 6.07 Å². The second-order valence-corrected chi connectivity index (χ2v) is 5.70. The summed E-state index contributed by atoms with van der Waals surface area (Å²) in [6.07, 6.45) is -0.646. The lowest BCUT2D eigenvalue weighted by Gasteiger charge is -2.21. The van der Waals surface area contributed by atoms with Gasteiger partial charge in [-0.1, -0.05) is 17.3 Å². The molecule has 0 saturated heterocycles. The zero-order chi connectivity index (χ0) is 15.6. The van der Waals surface area contributed by atoms with Gasteiger partial charge in [-0.15, -0.1) is 5.10 Å². The van der Waals surface area contributed by atoms with Crippen LogP contribution in [0.3, 0.4) is 0 Å². The van der Waals surface area contributed by atoms with Crippen LogP contribution in [0.1, 0.15) is 32.5 Å². The molecule has 0 spiro atoms. The summed E-state index contributed by atoms with van der Waals surface area (Å²) in [5.74, 6) is -0.380. The molecule has 1 aromatic carbocycles. The van der Waals surface area contributed by atoms with E-state index in [0.29, 0.717) is 11.0 Å². The van der Waals surface area contributed by atoms with Gasteiger partial charge in [0.2, 0.25) is 0 Å². The molecule has 0 saturated carbocycles. The summed E-state index contributed by atoms with van der Waals surface area (Å²) in [6.45, 7) is 6.83. The zero-order valence-corrected chi connectivity index (χ0v) is 12.5. The van der Waals surface area contributed by atoms with E-state index >= 15 is 0 Å². The molecule has 7 heteroatoms. The maximum absolute atomic E-state index is 12.3. The Hall–Kier alpha value is -2.44. The van der Waals surface area contributed by atoms with Gasteiger partial charge >= 0.3 is 6.09 Å². The molecule has 0 radical (unpaired) electrons. The fourth-order valence-corrected chi connectivity index (χ4v) is 1.76.